The summed E-state index contributed by atoms with van der Waals surface area (Å²) in [6.45, 7) is 8.20. The highest BCUT2D eigenvalue weighted by molar-refractivity contribution is 7.91. The zero-order valence-corrected chi connectivity index (χ0v) is 15.1. The molecule has 116 valence electrons. The summed E-state index contributed by atoms with van der Waals surface area (Å²) >= 11 is 7.34. The molecule has 0 bridgehead atoms. The predicted molar refractivity (Wildman–Crippen MR) is 90.9 cm³/mol. The Morgan fingerprint density at radius 2 is 2.00 bits per heavy atom. The summed E-state index contributed by atoms with van der Waals surface area (Å²) in [5.41, 5.74) is 0.791. The lowest BCUT2D eigenvalue weighted by Gasteiger charge is -2.25. The molecule has 0 saturated heterocycles. The summed E-state index contributed by atoms with van der Waals surface area (Å²) in [5.74, 6) is 0. The van der Waals surface area contributed by atoms with E-state index in [4.69, 9.17) is 11.6 Å². The Bertz CT molecular complexity index is 750. The summed E-state index contributed by atoms with van der Waals surface area (Å²) < 4.78 is 28.8. The number of benzene rings is 1. The van der Waals surface area contributed by atoms with Crippen LogP contribution in [0.4, 0.5) is 0 Å². The van der Waals surface area contributed by atoms with E-state index in [1.54, 1.807) is 10.4 Å². The molecule has 3 nitrogen and oxygen atoms in total. The quantitative estimate of drug-likeness (QED) is 0.789. The number of halogens is 1. The van der Waals surface area contributed by atoms with Gasteiger partial charge in [0.1, 0.15) is 4.21 Å². The minimum Gasteiger partial charge on any atom is -0.206 e. The molecule has 0 unspecified atom stereocenters. The van der Waals surface area contributed by atoms with Crippen LogP contribution in [0, 0.1) is 6.92 Å². The minimum absolute atomic E-state index is 0.0526. The number of nitrogens with zero attached hydrogens (tertiary/aromatic N) is 1. The van der Waals surface area contributed by atoms with Gasteiger partial charge in [0, 0.05) is 22.3 Å². The third-order valence-electron chi connectivity index (χ3n) is 3.42. The van der Waals surface area contributed by atoms with Crippen LogP contribution in [0.2, 0.25) is 5.02 Å². The van der Waals surface area contributed by atoms with Crippen LogP contribution in [0.5, 0.6) is 0 Å². The normalized spacial score (nSPS) is 12.7. The molecule has 6 heteroatoms. The maximum absolute atomic E-state index is 12.9. The van der Waals surface area contributed by atoms with Gasteiger partial charge in [-0.1, -0.05) is 18.5 Å². The van der Waals surface area contributed by atoms with Crippen molar-refractivity contribution in [1.29, 1.82) is 0 Å². The first-order valence-corrected chi connectivity index (χ1v) is 9.63. The molecule has 0 saturated carbocycles. The molecule has 0 aliphatic heterocycles. The van der Waals surface area contributed by atoms with Gasteiger partial charge >= 0.3 is 0 Å². The van der Waals surface area contributed by atoms with E-state index in [1.807, 2.05) is 39.8 Å². The molecule has 21 heavy (non-hydrogen) atoms. The van der Waals surface area contributed by atoms with E-state index in [0.717, 1.165) is 22.1 Å². The molecule has 0 atom stereocenters. The summed E-state index contributed by atoms with van der Waals surface area (Å²) in [6, 6.07) is 5.46. The molecule has 0 radical (unpaired) electrons. The summed E-state index contributed by atoms with van der Waals surface area (Å²) in [6.07, 6.45) is 0.799. The number of thiophene rings is 1. The van der Waals surface area contributed by atoms with Gasteiger partial charge in [-0.15, -0.1) is 11.3 Å². The Hall–Kier alpha value is -0.620. The number of hydrogen-bond donors (Lipinski definition) is 0. The highest BCUT2D eigenvalue weighted by atomic mass is 35.5. The monoisotopic (exact) mass is 345 g/mol. The van der Waals surface area contributed by atoms with Gasteiger partial charge in [0.25, 0.3) is 10.0 Å². The molecule has 0 amide bonds. The summed E-state index contributed by atoms with van der Waals surface area (Å²) in [4.78, 5) is 0. The van der Waals surface area contributed by atoms with E-state index in [2.05, 4.69) is 0 Å². The lowest BCUT2D eigenvalue weighted by molar-refractivity contribution is 0.355. The van der Waals surface area contributed by atoms with Crippen molar-refractivity contribution in [2.24, 2.45) is 0 Å². The van der Waals surface area contributed by atoms with Gasteiger partial charge in [-0.3, -0.25) is 0 Å². The average Bonchev–Trinajstić information content (AvgIpc) is 2.73. The zero-order chi connectivity index (χ0) is 15.8. The van der Waals surface area contributed by atoms with Crippen molar-refractivity contribution in [3.8, 4) is 0 Å². The highest BCUT2D eigenvalue weighted by Gasteiger charge is 2.30. The van der Waals surface area contributed by atoms with Gasteiger partial charge in [0.15, 0.2) is 0 Å². The smallest absolute Gasteiger partial charge is 0.206 e. The number of rotatable bonds is 5. The Labute approximate surface area is 135 Å². The van der Waals surface area contributed by atoms with Crippen molar-refractivity contribution in [2.75, 3.05) is 6.54 Å². The topological polar surface area (TPSA) is 37.4 Å². The first kappa shape index (κ1) is 16.7. The molecule has 1 aromatic heterocycles. The number of hydrogen-bond acceptors (Lipinski definition) is 3. The lowest BCUT2D eigenvalue weighted by Crippen LogP contribution is -2.37. The van der Waals surface area contributed by atoms with Gasteiger partial charge in [-0.05, 0) is 56.3 Å². The molecule has 1 heterocycles. The average molecular weight is 346 g/mol. The van der Waals surface area contributed by atoms with Crippen molar-refractivity contribution >= 4 is 43.0 Å². The van der Waals surface area contributed by atoms with Crippen LogP contribution < -0.4 is 0 Å². The van der Waals surface area contributed by atoms with Crippen LogP contribution >= 0.6 is 22.9 Å². The standard InChI is InChI=1S/C15H20ClNO2S2/c1-5-8-17(10(2)3)21(18,19)15-11(4)13-9-12(16)6-7-14(13)20-15/h6-7,9-10H,5,8H2,1-4H3. The third-order valence-corrected chi connectivity index (χ3v) is 7.60. The van der Waals surface area contributed by atoms with Crippen molar-refractivity contribution in [2.45, 2.75) is 44.4 Å². The van der Waals surface area contributed by atoms with Crippen LogP contribution in [0.15, 0.2) is 22.4 Å². The maximum Gasteiger partial charge on any atom is 0.253 e. The Morgan fingerprint density at radius 1 is 1.33 bits per heavy atom. The lowest BCUT2D eigenvalue weighted by atomic mass is 10.2. The van der Waals surface area contributed by atoms with Crippen LogP contribution in [-0.2, 0) is 10.0 Å². The van der Waals surface area contributed by atoms with Crippen molar-refractivity contribution < 1.29 is 8.42 Å². The fourth-order valence-corrected chi connectivity index (χ4v) is 6.16. The first-order valence-electron chi connectivity index (χ1n) is 6.99. The SMILES string of the molecule is CCCN(C(C)C)S(=O)(=O)c1sc2ccc(Cl)cc2c1C. The number of sulfonamides is 1. The molecule has 0 fully saturated rings. The molecular formula is C15H20ClNO2S2. The molecule has 0 spiro atoms. The second-order valence-electron chi connectivity index (χ2n) is 5.36. The van der Waals surface area contributed by atoms with Crippen LogP contribution in [0.3, 0.4) is 0 Å². The molecule has 0 aliphatic rings. The van der Waals surface area contributed by atoms with Gasteiger partial charge in [-0.2, -0.15) is 4.31 Å². The molecular weight excluding hydrogens is 326 g/mol. The second-order valence-corrected chi connectivity index (χ2v) is 8.94. The predicted octanol–water partition coefficient (Wildman–Crippen LogP) is 4.67. The van der Waals surface area contributed by atoms with E-state index < -0.39 is 10.0 Å². The molecule has 0 N–H and O–H groups in total. The van der Waals surface area contributed by atoms with Crippen LogP contribution in [0.1, 0.15) is 32.8 Å². The van der Waals surface area contributed by atoms with Crippen molar-refractivity contribution in [3.63, 3.8) is 0 Å². The van der Waals surface area contributed by atoms with Crippen LogP contribution in [-0.4, -0.2) is 25.3 Å². The molecule has 0 aliphatic carbocycles. The second kappa shape index (κ2) is 6.24. The maximum atomic E-state index is 12.9. The largest absolute Gasteiger partial charge is 0.253 e. The fourth-order valence-electron chi connectivity index (χ4n) is 2.40. The minimum atomic E-state index is -3.46. The summed E-state index contributed by atoms with van der Waals surface area (Å²) in [7, 11) is -3.46. The van der Waals surface area contributed by atoms with E-state index >= 15 is 0 Å². The molecule has 2 aromatic rings. The van der Waals surface area contributed by atoms with E-state index in [1.165, 1.54) is 11.3 Å². The fraction of sp³-hybridized carbons (Fsp3) is 0.467. The van der Waals surface area contributed by atoms with E-state index in [0.29, 0.717) is 15.8 Å². The molecule has 1 aromatic carbocycles. The third kappa shape index (κ3) is 3.11. The highest BCUT2D eigenvalue weighted by Crippen LogP contribution is 2.37. The Kier molecular flexibility index (Phi) is 4.98. The summed E-state index contributed by atoms with van der Waals surface area (Å²) in [5, 5.41) is 1.55. The zero-order valence-electron chi connectivity index (χ0n) is 12.7. The van der Waals surface area contributed by atoms with Crippen LogP contribution in [0.25, 0.3) is 10.1 Å². The van der Waals surface area contributed by atoms with Gasteiger partial charge in [0.05, 0.1) is 0 Å². The number of fused-ring (bicyclic) bond motifs is 1. The molecule has 2 rings (SSSR count). The Morgan fingerprint density at radius 3 is 2.57 bits per heavy atom. The Balaban J connectivity index is 2.61. The van der Waals surface area contributed by atoms with Crippen molar-refractivity contribution in [3.05, 3.63) is 28.8 Å². The van der Waals surface area contributed by atoms with E-state index in [9.17, 15) is 8.42 Å². The number of aryl methyl sites for hydroxylation is 1. The van der Waals surface area contributed by atoms with Gasteiger partial charge < -0.3 is 0 Å². The van der Waals surface area contributed by atoms with E-state index in [-0.39, 0.29) is 6.04 Å². The van der Waals surface area contributed by atoms with Gasteiger partial charge in [0.2, 0.25) is 0 Å². The van der Waals surface area contributed by atoms with Crippen molar-refractivity contribution in [1.82, 2.24) is 4.31 Å². The van der Waals surface area contributed by atoms with Gasteiger partial charge in [-0.25, -0.2) is 8.42 Å². The first-order chi connectivity index (χ1) is 9.78.